The lowest BCUT2D eigenvalue weighted by molar-refractivity contribution is -0.154. The molecule has 694 valence electrons. The molecule has 2 aromatic heterocycles. The molecule has 2 N–H and O–H groups in total. The van der Waals surface area contributed by atoms with Gasteiger partial charge in [0.05, 0.1) is 50.9 Å². The molecule has 6 aliphatic heterocycles. The minimum atomic E-state index is -4.38. The number of hydrogen-bond acceptors (Lipinski definition) is 19. The van der Waals surface area contributed by atoms with Crippen molar-refractivity contribution >= 4 is 110 Å². The van der Waals surface area contributed by atoms with Crippen molar-refractivity contribution in [3.63, 3.8) is 0 Å². The summed E-state index contributed by atoms with van der Waals surface area (Å²) in [6.45, 7) is 24.8. The minimum absolute atomic E-state index is 0.0213. The summed E-state index contributed by atoms with van der Waals surface area (Å²) < 4.78 is 60.1. The number of anilines is 4. The van der Waals surface area contributed by atoms with E-state index in [0.717, 1.165) is 225 Å². The molecule has 0 unspecified atom stereocenters. The van der Waals surface area contributed by atoms with Gasteiger partial charge in [0, 0.05) is 197 Å². The zero-order chi connectivity index (χ0) is 91.5. The first-order valence-electron chi connectivity index (χ1n) is 45.8. The summed E-state index contributed by atoms with van der Waals surface area (Å²) in [5.74, 6) is 2.12. The summed E-state index contributed by atoms with van der Waals surface area (Å²) in [6, 6.07) is 48.8. The number of piperazine rings is 4. The predicted molar refractivity (Wildman–Crippen MR) is 510 cm³/mol. The minimum Gasteiger partial charge on any atom is -0.495 e. The Morgan fingerprint density at radius 1 is 0.477 bits per heavy atom. The van der Waals surface area contributed by atoms with E-state index in [2.05, 4.69) is 66.0 Å². The van der Waals surface area contributed by atoms with Gasteiger partial charge in [-0.1, -0.05) is 162 Å². The molecule has 130 heavy (non-hydrogen) atoms. The van der Waals surface area contributed by atoms with Crippen LogP contribution in [0.1, 0.15) is 127 Å². The Labute approximate surface area is 780 Å². The van der Waals surface area contributed by atoms with E-state index >= 15 is 0 Å². The first-order chi connectivity index (χ1) is 62.8. The van der Waals surface area contributed by atoms with Gasteiger partial charge in [-0.05, 0) is 168 Å². The van der Waals surface area contributed by atoms with Crippen molar-refractivity contribution in [3.8, 4) is 34.1 Å². The number of aryl methyl sites for hydroxylation is 2. The Hall–Kier alpha value is -9.90. The number of methoxy groups -OCH3 is 1. The van der Waals surface area contributed by atoms with Crippen LogP contribution in [-0.4, -0.2) is 248 Å². The number of para-hydroxylation sites is 3. The van der Waals surface area contributed by atoms with E-state index < -0.39 is 12.8 Å². The molecule has 2 spiro atoms. The van der Waals surface area contributed by atoms with Gasteiger partial charge in [-0.15, -0.1) is 0 Å². The highest BCUT2D eigenvalue weighted by Crippen LogP contribution is 2.49. The second kappa shape index (κ2) is 45.0. The fourth-order valence-corrected chi connectivity index (χ4v) is 20.2. The third-order valence-corrected chi connectivity index (χ3v) is 27.9. The molecule has 7 aromatic carbocycles. The molecule has 8 aliphatic rings. The molecular formula is C100H120Cl4F3N13O10. The fraction of sp³-hybridized carbons (Fsp3) is 0.470. The molecule has 2 saturated carbocycles. The van der Waals surface area contributed by atoms with Crippen LogP contribution in [0.3, 0.4) is 0 Å². The maximum Gasteiger partial charge on any atom is 0.422 e. The van der Waals surface area contributed by atoms with Crippen LogP contribution >= 0.6 is 46.4 Å². The van der Waals surface area contributed by atoms with Crippen LogP contribution in [0.25, 0.3) is 33.6 Å². The SMILES string of the molecule is COc1ccccc1N1CCN(CCCNC(=O)c2cccc3c(=O)c(C)c(-c4ccccc4)oc23)CC1.Cc1ccc(N2CCN(CCCNC(=O)c3c(-c4ccccc4)noc3C)CC2)c(OCC(F)(F)F)c1.O=C1CC2(CCCC2)CC(=O)N1CCN1CCN(c2cc(Cl)ccc2Cl)CC1.O=C1CC2(CCCC2)CCN1CCN1CCN(c2cc(Cl)ccc2Cl)CC1. The first kappa shape index (κ1) is 96.2. The average molecular weight is 1860 g/mol. The topological polar surface area (TPSA) is 217 Å². The molecule has 30 heteroatoms. The number of likely N-dealkylation sites (tertiary alicyclic amines) is 2. The van der Waals surface area contributed by atoms with Crippen molar-refractivity contribution in [2.45, 2.75) is 117 Å². The van der Waals surface area contributed by atoms with Gasteiger partial charge in [0.25, 0.3) is 11.8 Å². The van der Waals surface area contributed by atoms with Crippen molar-refractivity contribution in [1.82, 2.24) is 45.2 Å². The molecule has 17 rings (SSSR count). The number of nitrogens with one attached hydrogen (secondary N) is 2. The zero-order valence-electron chi connectivity index (χ0n) is 74.9. The average Bonchev–Trinajstić information content (AvgIpc) is 1.07. The number of benzene rings is 7. The number of amides is 5. The normalized spacial score (nSPS) is 18.1. The number of carbonyl (C=O) groups excluding carboxylic acids is 5. The van der Waals surface area contributed by atoms with E-state index in [4.69, 9.17) is 64.8 Å². The number of nitrogens with zero attached hydrogens (tertiary/aromatic N) is 11. The number of rotatable bonds is 25. The van der Waals surface area contributed by atoms with Gasteiger partial charge in [-0.2, -0.15) is 13.2 Å². The Kier molecular flexibility index (Phi) is 33.3. The highest BCUT2D eigenvalue weighted by Gasteiger charge is 2.46. The van der Waals surface area contributed by atoms with Crippen molar-refractivity contribution in [2.24, 2.45) is 10.8 Å². The van der Waals surface area contributed by atoms with Crippen LogP contribution in [0.2, 0.25) is 20.1 Å². The predicted octanol–water partition coefficient (Wildman–Crippen LogP) is 17.7. The number of aromatic nitrogens is 1. The number of alkyl halides is 3. The quantitative estimate of drug-likeness (QED) is 0.0402. The smallest absolute Gasteiger partial charge is 0.422 e. The van der Waals surface area contributed by atoms with Gasteiger partial charge in [-0.3, -0.25) is 53.3 Å². The third-order valence-electron chi connectivity index (χ3n) is 26.8. The molecule has 9 aromatic rings. The summed E-state index contributed by atoms with van der Waals surface area (Å²) in [5, 5.41) is 13.3. The number of halogens is 7. The monoisotopic (exact) mass is 1860 g/mol. The third kappa shape index (κ3) is 25.1. The highest BCUT2D eigenvalue weighted by molar-refractivity contribution is 6.36. The number of ether oxygens (including phenoxy) is 2. The lowest BCUT2D eigenvalue weighted by atomic mass is 9.76. The molecule has 5 amide bonds. The van der Waals surface area contributed by atoms with E-state index in [1.807, 2.05) is 128 Å². The van der Waals surface area contributed by atoms with Crippen LogP contribution in [-0.2, 0) is 14.4 Å². The van der Waals surface area contributed by atoms with Crippen molar-refractivity contribution in [1.29, 1.82) is 0 Å². The highest BCUT2D eigenvalue weighted by atomic mass is 35.5. The lowest BCUT2D eigenvalue weighted by Crippen LogP contribution is -2.52. The van der Waals surface area contributed by atoms with Crippen LogP contribution in [0.4, 0.5) is 35.9 Å². The van der Waals surface area contributed by atoms with E-state index in [9.17, 15) is 41.9 Å². The summed E-state index contributed by atoms with van der Waals surface area (Å²) in [4.78, 5) is 98.9. The van der Waals surface area contributed by atoms with Crippen LogP contribution in [0, 0.1) is 31.6 Å². The Balaban J connectivity index is 0.000000141. The molecule has 0 radical (unpaired) electrons. The Morgan fingerprint density at radius 3 is 1.50 bits per heavy atom. The van der Waals surface area contributed by atoms with Gasteiger partial charge in [0.2, 0.25) is 17.7 Å². The second-order valence-electron chi connectivity index (χ2n) is 35.5. The summed E-state index contributed by atoms with van der Waals surface area (Å²) in [7, 11) is 1.71. The van der Waals surface area contributed by atoms with E-state index in [0.29, 0.717) is 117 Å². The van der Waals surface area contributed by atoms with Gasteiger partial charge in [-0.25, -0.2) is 0 Å². The van der Waals surface area contributed by atoms with Gasteiger partial charge < -0.3 is 53.5 Å². The summed E-state index contributed by atoms with van der Waals surface area (Å²) in [5.41, 5.74) is 8.72. The zero-order valence-corrected chi connectivity index (χ0v) is 78.0. The van der Waals surface area contributed by atoms with Gasteiger partial charge in [0.15, 0.2) is 17.6 Å². The van der Waals surface area contributed by atoms with Crippen molar-refractivity contribution < 1.29 is 55.6 Å². The van der Waals surface area contributed by atoms with Crippen molar-refractivity contribution in [3.05, 3.63) is 216 Å². The number of hydrogen-bond donors (Lipinski definition) is 2. The van der Waals surface area contributed by atoms with E-state index in [-0.39, 0.29) is 40.2 Å². The standard InChI is InChI=1S/C31H33N3O4.C27H31F3N4O3.C21H27Cl2N3O2.C21H29Cl2N3O/c1-22-28(35)24-12-8-13-25(30(24)38-29(22)23-10-4-3-5-11-23)31(36)32-16-9-17-33-18-20-34(21-19-33)26-14-6-7-15-27(26)37-2;1-19-9-10-22(23(17-19)36-18-27(28,29)30)34-15-13-33(14-16-34)12-6-11-31-26(35)24-20(2)37-32-25(24)21-7-4-3-5-8-21;22-16-3-4-17(23)18(13-16)25-10-7-24(8-11-25)9-12-26-19(27)14-21(15-20(26)28)5-1-2-6-21;22-17-3-4-18(23)19(15-17)25-12-9-24(10-13-25)11-14-26-8-7-21(16-20(26)27)5-1-2-6-21/h3-8,10-15H,9,16-21H2,1-2H3,(H,32,36);3-5,7-10,17H,6,11-16,18H2,1-2H3,(H,31,35);3-4,13H,1-2,5-12,14-15H2;3-4,15H,1-2,5-14,16H2. The number of carbonyl (C=O) groups is 5. The second-order valence-corrected chi connectivity index (χ2v) is 37.2. The van der Waals surface area contributed by atoms with E-state index in [1.54, 1.807) is 51.3 Å². The molecule has 2 aliphatic carbocycles. The Morgan fingerprint density at radius 2 is 0.962 bits per heavy atom. The first-order valence-corrected chi connectivity index (χ1v) is 47.3. The lowest BCUT2D eigenvalue weighted by Gasteiger charge is -2.41. The molecule has 8 heterocycles. The summed E-state index contributed by atoms with van der Waals surface area (Å²) in [6.07, 6.45) is 9.86. The van der Waals surface area contributed by atoms with Gasteiger partial charge in [0.1, 0.15) is 34.3 Å². The molecule has 23 nitrogen and oxygen atoms in total. The maximum atomic E-state index is 13.1. The van der Waals surface area contributed by atoms with Gasteiger partial charge >= 0.3 is 6.18 Å². The molecule has 0 bridgehead atoms. The molecule has 8 fully saturated rings. The van der Waals surface area contributed by atoms with Crippen molar-refractivity contribution in [2.75, 3.05) is 197 Å². The fourth-order valence-electron chi connectivity index (χ4n) is 19.4. The molecular weight excluding hydrogens is 1740 g/mol. The number of piperidine rings is 2. The summed E-state index contributed by atoms with van der Waals surface area (Å²) >= 11 is 24.9. The molecule has 6 saturated heterocycles. The number of imide groups is 1. The Bertz CT molecular complexity index is 5380. The van der Waals surface area contributed by atoms with Crippen LogP contribution in [0.15, 0.2) is 171 Å². The molecule has 0 atom stereocenters. The van der Waals surface area contributed by atoms with E-state index in [1.165, 1.54) is 37.0 Å². The maximum absolute atomic E-state index is 13.1. The van der Waals surface area contributed by atoms with Crippen LogP contribution < -0.4 is 45.1 Å². The van der Waals surface area contributed by atoms with Crippen LogP contribution in [0.5, 0.6) is 11.5 Å². The number of fused-ring (bicyclic) bond motifs is 1. The largest absolute Gasteiger partial charge is 0.495 e.